The van der Waals surface area contributed by atoms with E-state index in [9.17, 15) is 4.39 Å². The zero-order chi connectivity index (χ0) is 12.8. The van der Waals surface area contributed by atoms with Gasteiger partial charge in [0, 0.05) is 0 Å². The largest absolute Gasteiger partial charge is 0.242 e. The molecular weight excluding hydrogens is 235 g/mol. The summed E-state index contributed by atoms with van der Waals surface area (Å²) in [4.78, 5) is 0. The van der Waals surface area contributed by atoms with Crippen LogP contribution in [0.2, 0.25) is 0 Å². The topological polar surface area (TPSA) is 0 Å². The van der Waals surface area contributed by atoms with Crippen molar-refractivity contribution >= 4 is 21.5 Å². The predicted molar refractivity (Wildman–Crippen MR) is 78.2 cm³/mol. The van der Waals surface area contributed by atoms with Gasteiger partial charge < -0.3 is 0 Å². The Hall–Kier alpha value is -1.89. The van der Waals surface area contributed by atoms with Crippen LogP contribution in [0.15, 0.2) is 48.5 Å². The minimum absolute atomic E-state index is 0.673. The van der Waals surface area contributed by atoms with Crippen LogP contribution < -0.4 is 0 Å². The Kier molecular flexibility index (Phi) is 2.34. The lowest BCUT2D eigenvalue weighted by Crippen LogP contribution is -2.06. The van der Waals surface area contributed by atoms with E-state index in [1.807, 2.05) is 6.07 Å². The highest BCUT2D eigenvalue weighted by atomic mass is 19.1. The molecule has 1 heteroatoms. The molecule has 0 aliphatic heterocycles. The number of aryl methyl sites for hydroxylation is 1. The monoisotopic (exact) mass is 250 g/mol. The Labute approximate surface area is 111 Å². The van der Waals surface area contributed by atoms with Gasteiger partial charge >= 0.3 is 0 Å². The van der Waals surface area contributed by atoms with Crippen molar-refractivity contribution in [3.8, 4) is 0 Å². The number of alkyl halides is 1. The summed E-state index contributed by atoms with van der Waals surface area (Å²) in [5.41, 5.74) is 2.14. The van der Waals surface area contributed by atoms with E-state index in [4.69, 9.17) is 0 Å². The molecule has 94 valence electrons. The van der Waals surface area contributed by atoms with Gasteiger partial charge in [-0.15, -0.1) is 0 Å². The number of fused-ring (bicyclic) bond motifs is 5. The Morgan fingerprint density at radius 1 is 0.842 bits per heavy atom. The third-order valence-corrected chi connectivity index (χ3v) is 4.30. The fourth-order valence-electron chi connectivity index (χ4n) is 3.35. The molecule has 1 aliphatic carbocycles. The van der Waals surface area contributed by atoms with Crippen molar-refractivity contribution in [1.82, 2.24) is 0 Å². The number of halogens is 1. The zero-order valence-electron chi connectivity index (χ0n) is 10.7. The molecule has 3 aromatic carbocycles. The Morgan fingerprint density at radius 3 is 2.63 bits per heavy atom. The van der Waals surface area contributed by atoms with Crippen LogP contribution in [0.4, 0.5) is 4.39 Å². The van der Waals surface area contributed by atoms with E-state index >= 15 is 0 Å². The molecule has 1 aliphatic rings. The van der Waals surface area contributed by atoms with E-state index < -0.39 is 6.17 Å². The van der Waals surface area contributed by atoms with Gasteiger partial charge in [0.15, 0.2) is 0 Å². The van der Waals surface area contributed by atoms with Crippen LogP contribution in [0.5, 0.6) is 0 Å². The van der Waals surface area contributed by atoms with E-state index in [2.05, 4.69) is 42.5 Å². The van der Waals surface area contributed by atoms with Gasteiger partial charge in [-0.3, -0.25) is 0 Å². The highest BCUT2D eigenvalue weighted by Gasteiger charge is 2.21. The first-order chi connectivity index (χ1) is 9.34. The van der Waals surface area contributed by atoms with Crippen molar-refractivity contribution in [3.63, 3.8) is 0 Å². The SMILES string of the molecule is FC1CCCc2c1ccc1c2ccc2ccccc21. The second kappa shape index (κ2) is 4.06. The Bertz CT molecular complexity index is 773. The first-order valence-corrected chi connectivity index (χ1v) is 6.92. The van der Waals surface area contributed by atoms with Crippen molar-refractivity contribution in [1.29, 1.82) is 0 Å². The zero-order valence-corrected chi connectivity index (χ0v) is 10.7. The summed E-state index contributed by atoms with van der Waals surface area (Å²) in [6.07, 6.45) is 1.86. The molecular formula is C18H15F. The van der Waals surface area contributed by atoms with Gasteiger partial charge in [0.2, 0.25) is 0 Å². The maximum absolute atomic E-state index is 14.0. The third-order valence-electron chi connectivity index (χ3n) is 4.30. The van der Waals surface area contributed by atoms with Crippen LogP contribution in [0.1, 0.15) is 30.1 Å². The van der Waals surface area contributed by atoms with E-state index in [0.717, 1.165) is 18.4 Å². The molecule has 19 heavy (non-hydrogen) atoms. The fourth-order valence-corrected chi connectivity index (χ4v) is 3.35. The van der Waals surface area contributed by atoms with Crippen molar-refractivity contribution in [2.24, 2.45) is 0 Å². The molecule has 1 unspecified atom stereocenters. The number of rotatable bonds is 0. The lowest BCUT2D eigenvalue weighted by Gasteiger charge is -2.21. The summed E-state index contributed by atoms with van der Waals surface area (Å²) in [5.74, 6) is 0. The molecule has 1 atom stereocenters. The first kappa shape index (κ1) is 11.0. The minimum Gasteiger partial charge on any atom is -0.242 e. The molecule has 3 aromatic rings. The lowest BCUT2D eigenvalue weighted by molar-refractivity contribution is 0.303. The maximum atomic E-state index is 14.0. The summed E-state index contributed by atoms with van der Waals surface area (Å²) in [5, 5.41) is 5.01. The summed E-state index contributed by atoms with van der Waals surface area (Å²) < 4.78 is 14.0. The number of hydrogen-bond donors (Lipinski definition) is 0. The molecule has 0 saturated heterocycles. The molecule has 0 amide bonds. The molecule has 4 rings (SSSR count). The fraction of sp³-hybridized carbons (Fsp3) is 0.222. The molecule has 0 nitrogen and oxygen atoms in total. The normalized spacial score (nSPS) is 18.7. The summed E-state index contributed by atoms with van der Waals surface area (Å²) in [6, 6.07) is 16.8. The van der Waals surface area contributed by atoms with Crippen LogP contribution in [0.25, 0.3) is 21.5 Å². The lowest BCUT2D eigenvalue weighted by atomic mass is 9.85. The Balaban J connectivity index is 2.13. The Morgan fingerprint density at radius 2 is 1.68 bits per heavy atom. The molecule has 0 aromatic heterocycles. The smallest absolute Gasteiger partial charge is 0.125 e. The average molecular weight is 250 g/mol. The molecule has 0 spiro atoms. The third kappa shape index (κ3) is 1.58. The maximum Gasteiger partial charge on any atom is 0.125 e. The highest BCUT2D eigenvalue weighted by Crippen LogP contribution is 2.38. The standard InChI is InChI=1S/C18H15F/c19-18-7-3-6-14-16-9-8-12-4-1-2-5-13(12)15(16)10-11-17(14)18/h1-2,4-5,8-11,18H,3,6-7H2. The van der Waals surface area contributed by atoms with Crippen LogP contribution in [0.3, 0.4) is 0 Å². The predicted octanol–water partition coefficient (Wildman–Crippen LogP) is 5.34. The average Bonchev–Trinajstić information content (AvgIpc) is 2.47. The van der Waals surface area contributed by atoms with Crippen molar-refractivity contribution in [3.05, 3.63) is 59.7 Å². The molecule has 0 heterocycles. The van der Waals surface area contributed by atoms with Gasteiger partial charge in [0.25, 0.3) is 0 Å². The van der Waals surface area contributed by atoms with Crippen LogP contribution in [0, 0.1) is 0 Å². The summed E-state index contributed by atoms with van der Waals surface area (Å²) >= 11 is 0. The molecule has 0 radical (unpaired) electrons. The molecule has 0 bridgehead atoms. The number of hydrogen-bond acceptors (Lipinski definition) is 0. The van der Waals surface area contributed by atoms with E-state index in [-0.39, 0.29) is 0 Å². The molecule has 0 N–H and O–H groups in total. The van der Waals surface area contributed by atoms with Crippen LogP contribution >= 0.6 is 0 Å². The van der Waals surface area contributed by atoms with E-state index in [1.165, 1.54) is 27.1 Å². The van der Waals surface area contributed by atoms with Crippen molar-refractivity contribution < 1.29 is 4.39 Å². The second-order valence-corrected chi connectivity index (χ2v) is 5.37. The van der Waals surface area contributed by atoms with Crippen LogP contribution in [-0.2, 0) is 6.42 Å². The van der Waals surface area contributed by atoms with E-state index in [1.54, 1.807) is 0 Å². The van der Waals surface area contributed by atoms with Gasteiger partial charge in [-0.1, -0.05) is 48.5 Å². The molecule has 0 fully saturated rings. The highest BCUT2D eigenvalue weighted by molar-refractivity contribution is 6.08. The first-order valence-electron chi connectivity index (χ1n) is 6.92. The van der Waals surface area contributed by atoms with Gasteiger partial charge in [-0.2, -0.15) is 0 Å². The van der Waals surface area contributed by atoms with Gasteiger partial charge in [0.05, 0.1) is 0 Å². The van der Waals surface area contributed by atoms with Gasteiger partial charge in [-0.05, 0) is 51.9 Å². The number of benzene rings is 3. The van der Waals surface area contributed by atoms with E-state index in [0.29, 0.717) is 6.42 Å². The van der Waals surface area contributed by atoms with Crippen molar-refractivity contribution in [2.45, 2.75) is 25.4 Å². The summed E-state index contributed by atoms with van der Waals surface area (Å²) in [7, 11) is 0. The van der Waals surface area contributed by atoms with Crippen LogP contribution in [-0.4, -0.2) is 0 Å². The van der Waals surface area contributed by atoms with Gasteiger partial charge in [0.1, 0.15) is 6.17 Å². The summed E-state index contributed by atoms with van der Waals surface area (Å²) in [6.45, 7) is 0. The van der Waals surface area contributed by atoms with Gasteiger partial charge in [-0.25, -0.2) is 4.39 Å². The second-order valence-electron chi connectivity index (χ2n) is 5.37. The molecule has 0 saturated carbocycles. The minimum atomic E-state index is -0.778. The van der Waals surface area contributed by atoms with Crippen molar-refractivity contribution in [2.75, 3.05) is 0 Å². The quantitative estimate of drug-likeness (QED) is 0.472.